The lowest BCUT2D eigenvalue weighted by Crippen LogP contribution is -2.39. The lowest BCUT2D eigenvalue weighted by molar-refractivity contribution is -0.127. The molecular formula is C35H41N7O4S. The summed E-state index contributed by atoms with van der Waals surface area (Å²) in [6.45, 7) is 9.46. The van der Waals surface area contributed by atoms with Crippen LogP contribution >= 0.6 is 11.3 Å². The number of nitrogens with one attached hydrogen (secondary N) is 1. The number of carbonyl (C=O) groups excluding carboxylic acids is 2. The summed E-state index contributed by atoms with van der Waals surface area (Å²) in [5.74, 6) is 0.483. The van der Waals surface area contributed by atoms with Crippen LogP contribution in [0.3, 0.4) is 0 Å². The van der Waals surface area contributed by atoms with E-state index in [4.69, 9.17) is 14.1 Å². The number of carbonyl (C=O) groups is 2. The number of hydrogen-bond donors (Lipinski definition) is 1. The van der Waals surface area contributed by atoms with Gasteiger partial charge in [-0.25, -0.2) is 9.97 Å². The van der Waals surface area contributed by atoms with E-state index < -0.39 is 0 Å². The zero-order valence-corrected chi connectivity index (χ0v) is 28.2. The highest BCUT2D eigenvalue weighted by atomic mass is 32.1. The normalized spacial score (nSPS) is 19.0. The van der Waals surface area contributed by atoms with Crippen LogP contribution in [-0.4, -0.2) is 75.0 Å². The molecule has 0 radical (unpaired) electrons. The Morgan fingerprint density at radius 1 is 1.17 bits per heavy atom. The van der Waals surface area contributed by atoms with E-state index in [2.05, 4.69) is 39.5 Å². The maximum absolute atomic E-state index is 13.6. The molecule has 0 saturated carbocycles. The number of benzene rings is 1. The van der Waals surface area contributed by atoms with Gasteiger partial charge in [0.25, 0.3) is 11.8 Å². The van der Waals surface area contributed by atoms with Crippen LogP contribution in [0.1, 0.15) is 61.7 Å². The van der Waals surface area contributed by atoms with E-state index in [0.29, 0.717) is 42.3 Å². The van der Waals surface area contributed by atoms with Crippen LogP contribution in [0, 0.1) is 16.7 Å². The second kappa shape index (κ2) is 13.8. The van der Waals surface area contributed by atoms with Crippen LogP contribution in [0.5, 0.6) is 0 Å². The summed E-state index contributed by atoms with van der Waals surface area (Å²) in [4.78, 5) is 41.6. The molecule has 5 heterocycles. The average molecular weight is 656 g/mol. The van der Waals surface area contributed by atoms with Crippen LogP contribution in [-0.2, 0) is 22.6 Å². The van der Waals surface area contributed by atoms with E-state index in [-0.39, 0.29) is 28.8 Å². The summed E-state index contributed by atoms with van der Waals surface area (Å²) < 4.78 is 12.9. The van der Waals surface area contributed by atoms with Gasteiger partial charge >= 0.3 is 0 Å². The van der Waals surface area contributed by atoms with Crippen molar-refractivity contribution >= 4 is 40.1 Å². The van der Waals surface area contributed by atoms with Crippen molar-refractivity contribution in [1.29, 1.82) is 5.26 Å². The van der Waals surface area contributed by atoms with E-state index in [9.17, 15) is 14.9 Å². The molecule has 246 valence electrons. The number of fused-ring (bicyclic) bond motifs is 1. The highest BCUT2D eigenvalue weighted by Crippen LogP contribution is 2.31. The number of anilines is 1. The number of likely N-dealkylation sites (tertiary alicyclic amines) is 2. The van der Waals surface area contributed by atoms with Crippen molar-refractivity contribution in [1.82, 2.24) is 24.3 Å². The third-order valence-corrected chi connectivity index (χ3v) is 9.84. The molecule has 47 heavy (non-hydrogen) atoms. The number of ether oxygens (including phenoxy) is 1. The van der Waals surface area contributed by atoms with Crippen LogP contribution in [0.25, 0.3) is 21.7 Å². The molecule has 0 spiro atoms. The minimum absolute atomic E-state index is 0.159. The first-order valence-corrected chi connectivity index (χ1v) is 16.9. The Labute approximate surface area is 278 Å². The lowest BCUT2D eigenvalue weighted by atomic mass is 9.93. The van der Waals surface area contributed by atoms with Crippen LogP contribution < -0.4 is 5.32 Å². The maximum Gasteiger partial charge on any atom is 0.268 e. The number of hydrogen-bond acceptors (Lipinski definition) is 9. The van der Waals surface area contributed by atoms with Gasteiger partial charge in [-0.05, 0) is 67.5 Å². The summed E-state index contributed by atoms with van der Waals surface area (Å²) in [6.07, 6.45) is 8.62. The minimum atomic E-state index is -0.306. The fourth-order valence-corrected chi connectivity index (χ4v) is 7.45. The number of aromatic nitrogens is 3. The Morgan fingerprint density at radius 3 is 2.72 bits per heavy atom. The third-order valence-electron chi connectivity index (χ3n) is 8.75. The number of thiophene rings is 1. The molecule has 0 aliphatic carbocycles. The topological polar surface area (TPSA) is 130 Å². The smallest absolute Gasteiger partial charge is 0.268 e. The first kappa shape index (κ1) is 32.6. The SMILES string of the molecule is COC[C@H]1CCCN1Cc1ccc2c(c1)nc(NC(=O)c1ccc(-c3cnco3)s1)n2C[C@H]1CCCN1C(=O)C(C#N)=CC(C)(C)C. The molecule has 2 amide bonds. The fourth-order valence-electron chi connectivity index (χ4n) is 6.60. The Morgan fingerprint density at radius 2 is 1.98 bits per heavy atom. The predicted octanol–water partition coefficient (Wildman–Crippen LogP) is 6.10. The van der Waals surface area contributed by atoms with E-state index in [1.54, 1.807) is 30.3 Å². The maximum atomic E-state index is 13.6. The monoisotopic (exact) mass is 655 g/mol. The summed E-state index contributed by atoms with van der Waals surface area (Å²) in [6, 6.07) is 12.2. The number of oxazole rings is 1. The van der Waals surface area contributed by atoms with Gasteiger partial charge in [-0.15, -0.1) is 11.3 Å². The quantitative estimate of drug-likeness (QED) is 0.160. The van der Waals surface area contributed by atoms with Crippen LogP contribution in [0.4, 0.5) is 5.95 Å². The van der Waals surface area contributed by atoms with E-state index in [1.165, 1.54) is 17.7 Å². The minimum Gasteiger partial charge on any atom is -0.443 e. The summed E-state index contributed by atoms with van der Waals surface area (Å²) in [5.41, 5.74) is 2.64. The predicted molar refractivity (Wildman–Crippen MR) is 181 cm³/mol. The van der Waals surface area contributed by atoms with Crippen molar-refractivity contribution in [2.45, 2.75) is 71.6 Å². The molecule has 2 fully saturated rings. The molecule has 4 aromatic rings. The van der Waals surface area contributed by atoms with Crippen molar-refractivity contribution in [2.24, 2.45) is 5.41 Å². The van der Waals surface area contributed by atoms with Gasteiger partial charge in [0.15, 0.2) is 12.2 Å². The number of imidazole rings is 1. The number of rotatable bonds is 10. The van der Waals surface area contributed by atoms with Crippen molar-refractivity contribution < 1.29 is 18.7 Å². The van der Waals surface area contributed by atoms with Gasteiger partial charge < -0.3 is 18.6 Å². The summed E-state index contributed by atoms with van der Waals surface area (Å²) in [5, 5.41) is 12.9. The number of methoxy groups -OCH3 is 1. The third kappa shape index (κ3) is 7.32. The molecule has 11 nitrogen and oxygen atoms in total. The number of nitrogens with zero attached hydrogens (tertiary/aromatic N) is 6. The van der Waals surface area contributed by atoms with Gasteiger partial charge in [-0.3, -0.25) is 19.8 Å². The van der Waals surface area contributed by atoms with E-state index in [1.807, 2.05) is 31.4 Å². The van der Waals surface area contributed by atoms with Crippen molar-refractivity contribution in [3.05, 3.63) is 65.0 Å². The highest BCUT2D eigenvalue weighted by molar-refractivity contribution is 7.17. The molecule has 0 unspecified atom stereocenters. The Bertz CT molecular complexity index is 1810. The zero-order valence-electron chi connectivity index (χ0n) is 27.4. The van der Waals surface area contributed by atoms with Crippen LogP contribution in [0.2, 0.25) is 0 Å². The summed E-state index contributed by atoms with van der Waals surface area (Å²) in [7, 11) is 1.75. The molecular weight excluding hydrogens is 614 g/mol. The number of nitriles is 1. The van der Waals surface area contributed by atoms with E-state index >= 15 is 0 Å². The van der Waals surface area contributed by atoms with Crippen molar-refractivity contribution in [2.75, 3.05) is 32.1 Å². The average Bonchev–Trinajstić information content (AvgIpc) is 3.87. The molecule has 1 aromatic carbocycles. The van der Waals surface area contributed by atoms with Crippen molar-refractivity contribution in [3.8, 4) is 16.7 Å². The first-order chi connectivity index (χ1) is 22.6. The molecule has 1 N–H and O–H groups in total. The molecule has 12 heteroatoms. The Kier molecular flexibility index (Phi) is 9.59. The van der Waals surface area contributed by atoms with Gasteiger partial charge in [-0.2, -0.15) is 5.26 Å². The molecule has 6 rings (SSSR count). The number of amides is 2. The second-order valence-electron chi connectivity index (χ2n) is 13.4. The van der Waals surface area contributed by atoms with Gasteiger partial charge in [-0.1, -0.05) is 32.9 Å². The molecule has 3 aromatic heterocycles. The molecule has 2 atom stereocenters. The molecule has 0 bridgehead atoms. The molecule has 2 aliphatic rings. The van der Waals surface area contributed by atoms with Gasteiger partial charge in [0.05, 0.1) is 39.6 Å². The molecule has 2 aliphatic heterocycles. The van der Waals surface area contributed by atoms with Gasteiger partial charge in [0, 0.05) is 32.8 Å². The lowest BCUT2D eigenvalue weighted by Gasteiger charge is -2.26. The number of allylic oxidation sites excluding steroid dienone is 1. The van der Waals surface area contributed by atoms with Crippen LogP contribution in [0.15, 0.2) is 59.0 Å². The van der Waals surface area contributed by atoms with Crippen molar-refractivity contribution in [3.63, 3.8) is 0 Å². The standard InChI is InChI=1S/C35H41N7O4S/c1-35(2,3)16-24(17-36)33(44)41-14-6-7-25(41)20-42-28-10-9-23(19-40-13-5-8-26(40)21-45-4)15-27(28)38-34(42)39-32(43)31-12-11-30(47-31)29-18-37-22-46-29/h9-12,15-16,18,22,25-26H,5-8,13-14,19-21H2,1-4H3,(H,38,39,43)/t25-,26-/m1/s1. The zero-order chi connectivity index (χ0) is 33.1. The highest BCUT2D eigenvalue weighted by Gasteiger charge is 2.33. The molecule has 2 saturated heterocycles. The Hall–Kier alpha value is -4.31. The second-order valence-corrected chi connectivity index (χ2v) is 14.5. The first-order valence-electron chi connectivity index (χ1n) is 16.1. The largest absolute Gasteiger partial charge is 0.443 e. The van der Waals surface area contributed by atoms with Gasteiger partial charge in [0.1, 0.15) is 11.6 Å². The summed E-state index contributed by atoms with van der Waals surface area (Å²) >= 11 is 1.31. The van der Waals surface area contributed by atoms with Gasteiger partial charge in [0.2, 0.25) is 5.95 Å². The Balaban J connectivity index is 1.30. The fraction of sp³-hybridized carbons (Fsp3) is 0.457. The van der Waals surface area contributed by atoms with E-state index in [0.717, 1.165) is 60.2 Å².